The van der Waals surface area contributed by atoms with Crippen LogP contribution < -0.4 is 4.74 Å². The van der Waals surface area contributed by atoms with E-state index >= 15 is 0 Å². The van der Waals surface area contributed by atoms with Gasteiger partial charge >= 0.3 is 6.18 Å². The maximum atomic E-state index is 13.3. The third-order valence-electron chi connectivity index (χ3n) is 6.90. The predicted octanol–water partition coefficient (Wildman–Crippen LogP) is 5.79. The number of imidazole rings is 1. The van der Waals surface area contributed by atoms with Gasteiger partial charge in [-0.05, 0) is 37.8 Å². The standard InChI is InChI=1S/C29H30F3N5O3/c1-16(2)19-7-5-6-8-20(19)25-35-24-21(11-12-28(24,38)39)27(36-25)40-15-18-9-10-22(33-13-18)26-34-23(29(30,31)32)14-37(26)17(3)4/h5-10,13-14,16-17,38-39H,11-12,15H2,1-4H3. The molecule has 11 heteroatoms. The molecule has 0 saturated heterocycles. The van der Waals surface area contributed by atoms with Crippen LogP contribution in [0.2, 0.25) is 0 Å². The Kier molecular flexibility index (Phi) is 7.13. The fourth-order valence-corrected chi connectivity index (χ4v) is 4.79. The topological polar surface area (TPSA) is 106 Å². The van der Waals surface area contributed by atoms with E-state index in [2.05, 4.69) is 33.8 Å². The van der Waals surface area contributed by atoms with Crippen molar-refractivity contribution in [3.8, 4) is 28.8 Å². The Hall–Kier alpha value is -3.83. The minimum absolute atomic E-state index is 0.0538. The van der Waals surface area contributed by atoms with Crippen molar-refractivity contribution in [3.05, 3.63) is 76.9 Å². The molecule has 3 heterocycles. The van der Waals surface area contributed by atoms with Crippen LogP contribution in [0.15, 0.2) is 48.8 Å². The molecule has 4 aromatic rings. The first kappa shape index (κ1) is 27.7. The highest BCUT2D eigenvalue weighted by Gasteiger charge is 2.40. The number of pyridine rings is 1. The molecule has 3 aromatic heterocycles. The van der Waals surface area contributed by atoms with Gasteiger partial charge < -0.3 is 19.5 Å². The van der Waals surface area contributed by atoms with Gasteiger partial charge in [0.15, 0.2) is 17.3 Å². The summed E-state index contributed by atoms with van der Waals surface area (Å²) in [5.74, 6) is -1.19. The van der Waals surface area contributed by atoms with Crippen LogP contribution in [0.5, 0.6) is 5.88 Å². The summed E-state index contributed by atoms with van der Waals surface area (Å²) >= 11 is 0. The molecule has 0 bridgehead atoms. The number of fused-ring (bicyclic) bond motifs is 1. The normalized spacial score (nSPS) is 14.7. The molecular weight excluding hydrogens is 523 g/mol. The summed E-state index contributed by atoms with van der Waals surface area (Å²) in [4.78, 5) is 17.3. The molecule has 8 nitrogen and oxygen atoms in total. The van der Waals surface area contributed by atoms with Crippen molar-refractivity contribution in [2.45, 2.75) is 71.1 Å². The van der Waals surface area contributed by atoms with Crippen LogP contribution in [0.3, 0.4) is 0 Å². The fraction of sp³-hybridized carbons (Fsp3) is 0.379. The number of hydrogen-bond donors (Lipinski definition) is 2. The summed E-state index contributed by atoms with van der Waals surface area (Å²) in [5.41, 5.74) is 2.42. The lowest BCUT2D eigenvalue weighted by atomic mass is 9.96. The van der Waals surface area contributed by atoms with Crippen LogP contribution in [-0.2, 0) is 25.0 Å². The molecule has 0 fully saturated rings. The van der Waals surface area contributed by atoms with Crippen molar-refractivity contribution in [2.75, 3.05) is 0 Å². The maximum absolute atomic E-state index is 13.3. The van der Waals surface area contributed by atoms with Crippen LogP contribution in [-0.4, -0.2) is 34.7 Å². The zero-order valence-electron chi connectivity index (χ0n) is 22.6. The lowest BCUT2D eigenvalue weighted by Gasteiger charge is -2.18. The van der Waals surface area contributed by atoms with Gasteiger partial charge in [0.2, 0.25) is 11.7 Å². The number of aliphatic hydroxyl groups is 2. The van der Waals surface area contributed by atoms with E-state index in [4.69, 9.17) is 4.74 Å². The number of halogens is 3. The van der Waals surface area contributed by atoms with E-state index in [1.807, 2.05) is 24.3 Å². The van der Waals surface area contributed by atoms with Crippen molar-refractivity contribution < 1.29 is 28.1 Å². The van der Waals surface area contributed by atoms with Crippen LogP contribution >= 0.6 is 0 Å². The second-order valence-corrected chi connectivity index (χ2v) is 10.5. The van der Waals surface area contributed by atoms with E-state index in [1.54, 1.807) is 26.0 Å². The molecule has 1 aliphatic carbocycles. The summed E-state index contributed by atoms with van der Waals surface area (Å²) < 4.78 is 47.3. The quantitative estimate of drug-likeness (QED) is 0.279. The largest absolute Gasteiger partial charge is 0.472 e. The number of hydrogen-bond acceptors (Lipinski definition) is 7. The molecule has 210 valence electrons. The van der Waals surface area contributed by atoms with Gasteiger partial charge in [-0.1, -0.05) is 44.2 Å². The predicted molar refractivity (Wildman–Crippen MR) is 141 cm³/mol. The van der Waals surface area contributed by atoms with Crippen LogP contribution in [0.25, 0.3) is 22.9 Å². The molecule has 2 N–H and O–H groups in total. The van der Waals surface area contributed by atoms with E-state index in [9.17, 15) is 23.4 Å². The van der Waals surface area contributed by atoms with E-state index in [-0.39, 0.29) is 42.4 Å². The molecule has 1 aromatic carbocycles. The Morgan fingerprint density at radius 1 is 1.02 bits per heavy atom. The summed E-state index contributed by atoms with van der Waals surface area (Å²) in [6.45, 7) is 7.71. The molecular formula is C29H30F3N5O3. The van der Waals surface area contributed by atoms with Gasteiger partial charge in [-0.2, -0.15) is 18.2 Å². The number of alkyl halides is 3. The molecule has 0 amide bonds. The summed E-state index contributed by atoms with van der Waals surface area (Å²) in [6, 6.07) is 10.7. The Bertz CT molecular complexity index is 1530. The second kappa shape index (κ2) is 10.3. The summed E-state index contributed by atoms with van der Waals surface area (Å²) in [7, 11) is 0. The number of benzene rings is 1. The first-order chi connectivity index (χ1) is 18.8. The number of aromatic nitrogens is 5. The van der Waals surface area contributed by atoms with Gasteiger partial charge in [-0.15, -0.1) is 0 Å². The minimum atomic E-state index is -4.56. The van der Waals surface area contributed by atoms with Crippen LogP contribution in [0.1, 0.15) is 74.2 Å². The van der Waals surface area contributed by atoms with Gasteiger partial charge in [-0.3, -0.25) is 4.98 Å². The van der Waals surface area contributed by atoms with Crippen LogP contribution in [0.4, 0.5) is 13.2 Å². The maximum Gasteiger partial charge on any atom is 0.434 e. The van der Waals surface area contributed by atoms with Gasteiger partial charge in [0.05, 0.1) is 0 Å². The SMILES string of the molecule is CC(C)c1ccccc1-c1nc(OCc2ccc(-c3nc(C(F)(F)F)cn3C(C)C)nc2)c2c(n1)C(O)(O)CC2. The van der Waals surface area contributed by atoms with E-state index in [0.29, 0.717) is 29.1 Å². The molecule has 0 radical (unpaired) electrons. The third kappa shape index (κ3) is 5.31. The van der Waals surface area contributed by atoms with Crippen molar-refractivity contribution in [1.82, 2.24) is 24.5 Å². The van der Waals surface area contributed by atoms with Gasteiger partial charge in [-0.25, -0.2) is 9.97 Å². The number of ether oxygens (including phenoxy) is 1. The summed E-state index contributed by atoms with van der Waals surface area (Å²) in [6.07, 6.45) is -1.65. The highest BCUT2D eigenvalue weighted by molar-refractivity contribution is 5.63. The van der Waals surface area contributed by atoms with E-state index in [1.165, 1.54) is 10.8 Å². The number of nitrogens with zero attached hydrogens (tertiary/aromatic N) is 5. The Labute approximate surface area is 229 Å². The fourth-order valence-electron chi connectivity index (χ4n) is 4.79. The molecule has 1 aliphatic rings. The molecule has 0 saturated carbocycles. The van der Waals surface area contributed by atoms with Crippen molar-refractivity contribution in [1.29, 1.82) is 0 Å². The third-order valence-corrected chi connectivity index (χ3v) is 6.90. The molecule has 5 rings (SSSR count). The summed E-state index contributed by atoms with van der Waals surface area (Å²) in [5, 5.41) is 21.2. The average Bonchev–Trinajstić information content (AvgIpc) is 3.50. The molecule has 0 aliphatic heterocycles. The van der Waals surface area contributed by atoms with Crippen LogP contribution in [0, 0.1) is 0 Å². The highest BCUT2D eigenvalue weighted by Crippen LogP contribution is 2.40. The smallest absolute Gasteiger partial charge is 0.434 e. The zero-order chi connectivity index (χ0) is 28.8. The molecule has 40 heavy (non-hydrogen) atoms. The van der Waals surface area contributed by atoms with E-state index in [0.717, 1.165) is 17.3 Å². The number of rotatable bonds is 7. The monoisotopic (exact) mass is 553 g/mol. The minimum Gasteiger partial charge on any atom is -0.472 e. The first-order valence-corrected chi connectivity index (χ1v) is 13.0. The van der Waals surface area contributed by atoms with Crippen molar-refractivity contribution in [2.24, 2.45) is 0 Å². The van der Waals surface area contributed by atoms with Gasteiger partial charge in [0.1, 0.15) is 18.0 Å². The highest BCUT2D eigenvalue weighted by atomic mass is 19.4. The van der Waals surface area contributed by atoms with E-state index < -0.39 is 17.7 Å². The van der Waals surface area contributed by atoms with Crippen molar-refractivity contribution >= 4 is 0 Å². The van der Waals surface area contributed by atoms with Gasteiger partial charge in [0, 0.05) is 41.5 Å². The molecule has 0 atom stereocenters. The Balaban J connectivity index is 1.44. The molecule has 0 unspecified atom stereocenters. The molecule has 0 spiro atoms. The average molecular weight is 554 g/mol. The van der Waals surface area contributed by atoms with Gasteiger partial charge in [0.25, 0.3) is 0 Å². The Morgan fingerprint density at radius 3 is 2.42 bits per heavy atom. The lowest BCUT2D eigenvalue weighted by molar-refractivity contribution is -0.169. The zero-order valence-corrected chi connectivity index (χ0v) is 22.6. The Morgan fingerprint density at radius 2 is 1.77 bits per heavy atom. The first-order valence-electron chi connectivity index (χ1n) is 13.0. The van der Waals surface area contributed by atoms with Crippen molar-refractivity contribution in [3.63, 3.8) is 0 Å². The second-order valence-electron chi connectivity index (χ2n) is 10.5. The lowest BCUT2D eigenvalue weighted by Crippen LogP contribution is -2.23.